The Morgan fingerprint density at radius 2 is 1.84 bits per heavy atom. The smallest absolute Gasteiger partial charge is 0.250 e. The molecule has 2 heterocycles. The average molecular weight is 271 g/mol. The number of carbonyl (C=O) groups is 3. The van der Waals surface area contributed by atoms with Crippen molar-refractivity contribution in [2.45, 2.75) is 0 Å². The summed E-state index contributed by atoms with van der Waals surface area (Å²) in [7, 11) is 0. The molecule has 19 heavy (non-hydrogen) atoms. The number of ketones is 1. The van der Waals surface area contributed by atoms with E-state index in [-0.39, 0.29) is 0 Å². The van der Waals surface area contributed by atoms with Gasteiger partial charge in [0.05, 0.1) is 22.9 Å². The molecular formula is C12H5N3O3S. The van der Waals surface area contributed by atoms with Crippen LogP contribution in [0.2, 0.25) is 0 Å². The highest BCUT2D eigenvalue weighted by molar-refractivity contribution is 7.12. The topological polar surface area (TPSA) is 111 Å². The van der Waals surface area contributed by atoms with Gasteiger partial charge in [0.15, 0.2) is 16.6 Å². The molecule has 1 aromatic heterocycles. The first-order valence-corrected chi connectivity index (χ1v) is 6.20. The fourth-order valence-electron chi connectivity index (χ4n) is 2.76. The van der Waals surface area contributed by atoms with Crippen LogP contribution >= 0.6 is 11.3 Å². The molecule has 92 valence electrons. The Kier molecular flexibility index (Phi) is 2.00. The number of imide groups is 1. The summed E-state index contributed by atoms with van der Waals surface area (Å²) in [5, 5.41) is 22.0. The second-order valence-electron chi connectivity index (χ2n) is 4.40. The first-order chi connectivity index (χ1) is 9.06. The number of hydrogen-bond donors (Lipinski definition) is 1. The number of carbonyl (C=O) groups excluding carboxylic acids is 3. The van der Waals surface area contributed by atoms with Crippen molar-refractivity contribution in [3.05, 3.63) is 22.4 Å². The number of thiophene rings is 1. The third-order valence-electron chi connectivity index (χ3n) is 3.73. The molecule has 0 bridgehead atoms. The van der Waals surface area contributed by atoms with Crippen molar-refractivity contribution in [3.63, 3.8) is 0 Å². The SMILES string of the molecule is N#C[C@@]12C(=O)NC(=O)[C@@]1(C#N)C2C(=O)c1cccs1. The minimum Gasteiger partial charge on any atom is -0.293 e. The number of fused-ring (bicyclic) bond motifs is 1. The lowest BCUT2D eigenvalue weighted by Crippen LogP contribution is -2.34. The van der Waals surface area contributed by atoms with Gasteiger partial charge in [0.25, 0.3) is 0 Å². The van der Waals surface area contributed by atoms with E-state index in [1.54, 1.807) is 29.7 Å². The van der Waals surface area contributed by atoms with Gasteiger partial charge in [-0.05, 0) is 11.4 Å². The normalized spacial score (nSPS) is 34.9. The summed E-state index contributed by atoms with van der Waals surface area (Å²) in [6.45, 7) is 0. The molecule has 1 saturated heterocycles. The molecule has 1 aliphatic heterocycles. The second-order valence-corrected chi connectivity index (χ2v) is 5.35. The molecule has 2 fully saturated rings. The van der Waals surface area contributed by atoms with Crippen LogP contribution in [0.25, 0.3) is 0 Å². The van der Waals surface area contributed by atoms with Gasteiger partial charge in [0.1, 0.15) is 0 Å². The minimum atomic E-state index is -1.86. The summed E-state index contributed by atoms with van der Waals surface area (Å²) >= 11 is 1.15. The van der Waals surface area contributed by atoms with E-state index in [1.165, 1.54) is 0 Å². The van der Waals surface area contributed by atoms with Crippen LogP contribution in [0.4, 0.5) is 0 Å². The molecule has 1 aromatic rings. The molecule has 0 radical (unpaired) electrons. The van der Waals surface area contributed by atoms with Crippen LogP contribution in [0.15, 0.2) is 17.5 Å². The van der Waals surface area contributed by atoms with Gasteiger partial charge in [0.2, 0.25) is 11.8 Å². The molecule has 6 nitrogen and oxygen atoms in total. The molecule has 2 aliphatic rings. The summed E-state index contributed by atoms with van der Waals surface area (Å²) in [5.41, 5.74) is -3.72. The third-order valence-corrected chi connectivity index (χ3v) is 4.61. The molecule has 0 aromatic carbocycles. The summed E-state index contributed by atoms with van der Waals surface area (Å²) in [4.78, 5) is 36.2. The predicted octanol–water partition coefficient (Wildman–Crippen LogP) is 0.237. The van der Waals surface area contributed by atoms with Gasteiger partial charge in [-0.15, -0.1) is 11.3 Å². The molecule has 1 saturated carbocycles. The van der Waals surface area contributed by atoms with Crippen LogP contribution in [0.3, 0.4) is 0 Å². The largest absolute Gasteiger partial charge is 0.293 e. The monoisotopic (exact) mass is 271 g/mol. The minimum absolute atomic E-state index is 0.337. The quantitative estimate of drug-likeness (QED) is 0.611. The maximum Gasteiger partial charge on any atom is 0.250 e. The number of nitriles is 2. The van der Waals surface area contributed by atoms with Crippen LogP contribution in [0.5, 0.6) is 0 Å². The molecule has 0 spiro atoms. The predicted molar refractivity (Wildman–Crippen MR) is 61.4 cm³/mol. The highest BCUT2D eigenvalue weighted by Crippen LogP contribution is 2.72. The highest BCUT2D eigenvalue weighted by Gasteiger charge is 2.92. The zero-order valence-corrected chi connectivity index (χ0v) is 10.2. The molecular weight excluding hydrogens is 266 g/mol. The first kappa shape index (κ1) is 11.6. The molecule has 1 aliphatic carbocycles. The number of nitrogens with zero attached hydrogens (tertiary/aromatic N) is 2. The van der Waals surface area contributed by atoms with Gasteiger partial charge < -0.3 is 0 Å². The molecule has 7 heteroatoms. The molecule has 2 amide bonds. The standard InChI is InChI=1S/C12H5N3O3S/c13-4-11-8(7(16)6-2-1-3-19-6)12(11,5-14)10(18)15-9(11)17/h1-3,8H,(H,15,17,18)/t11-,12-/m1/s1. The van der Waals surface area contributed by atoms with Gasteiger partial charge in [-0.25, -0.2) is 0 Å². The zero-order chi connectivity index (χ0) is 13.8. The van der Waals surface area contributed by atoms with Crippen molar-refractivity contribution < 1.29 is 14.4 Å². The van der Waals surface area contributed by atoms with E-state index >= 15 is 0 Å². The van der Waals surface area contributed by atoms with Crippen LogP contribution in [0, 0.1) is 39.4 Å². The van der Waals surface area contributed by atoms with E-state index in [2.05, 4.69) is 0 Å². The van der Waals surface area contributed by atoms with Crippen LogP contribution in [-0.4, -0.2) is 17.6 Å². The second kappa shape index (κ2) is 3.28. The summed E-state index contributed by atoms with van der Waals surface area (Å²) < 4.78 is 0. The van der Waals surface area contributed by atoms with Gasteiger partial charge in [0, 0.05) is 0 Å². The van der Waals surface area contributed by atoms with Crippen molar-refractivity contribution in [1.29, 1.82) is 10.5 Å². The zero-order valence-electron chi connectivity index (χ0n) is 9.34. The fourth-order valence-corrected chi connectivity index (χ4v) is 3.45. The molecule has 1 N–H and O–H groups in total. The summed E-state index contributed by atoms with van der Waals surface area (Å²) in [6, 6.07) is 6.61. The average Bonchev–Trinajstić information content (AvgIpc) is 2.69. The number of nitrogens with one attached hydrogen (secondary N) is 1. The Hall–Kier alpha value is -2.51. The lowest BCUT2D eigenvalue weighted by molar-refractivity contribution is -0.129. The van der Waals surface area contributed by atoms with Crippen molar-refractivity contribution in [3.8, 4) is 12.1 Å². The molecule has 2 atom stereocenters. The Bertz CT molecular complexity index is 674. The Balaban J connectivity index is 2.14. The van der Waals surface area contributed by atoms with E-state index in [1.807, 2.05) is 5.32 Å². The van der Waals surface area contributed by atoms with Gasteiger partial charge in [-0.1, -0.05) is 6.07 Å². The maximum atomic E-state index is 12.3. The van der Waals surface area contributed by atoms with Crippen LogP contribution in [-0.2, 0) is 9.59 Å². The van der Waals surface area contributed by atoms with E-state index in [4.69, 9.17) is 0 Å². The van der Waals surface area contributed by atoms with Gasteiger partial charge in [-0.2, -0.15) is 10.5 Å². The maximum absolute atomic E-state index is 12.3. The Morgan fingerprint density at radius 3 is 2.26 bits per heavy atom. The first-order valence-electron chi connectivity index (χ1n) is 5.32. The number of piperidine rings is 1. The van der Waals surface area contributed by atoms with Crippen molar-refractivity contribution >= 4 is 28.9 Å². The number of rotatable bonds is 2. The summed E-state index contributed by atoms with van der Waals surface area (Å²) in [6.07, 6.45) is 0. The third kappa shape index (κ3) is 0.985. The van der Waals surface area contributed by atoms with Crippen molar-refractivity contribution in [2.75, 3.05) is 0 Å². The van der Waals surface area contributed by atoms with Gasteiger partial charge in [-0.3, -0.25) is 19.7 Å². The number of amides is 2. The van der Waals surface area contributed by atoms with E-state index < -0.39 is 34.3 Å². The Labute approximate surface area is 111 Å². The summed E-state index contributed by atoms with van der Waals surface area (Å²) in [5.74, 6) is -3.40. The van der Waals surface area contributed by atoms with Gasteiger partial charge >= 0.3 is 0 Å². The van der Waals surface area contributed by atoms with E-state index in [0.717, 1.165) is 11.3 Å². The van der Waals surface area contributed by atoms with Crippen LogP contribution < -0.4 is 5.32 Å². The van der Waals surface area contributed by atoms with Crippen LogP contribution in [0.1, 0.15) is 9.67 Å². The number of hydrogen-bond acceptors (Lipinski definition) is 6. The fraction of sp³-hybridized carbons (Fsp3) is 0.250. The number of Topliss-reactive ketones (excluding diaryl/α,β-unsaturated/α-hetero) is 1. The molecule has 3 rings (SSSR count). The van der Waals surface area contributed by atoms with E-state index in [9.17, 15) is 24.9 Å². The van der Waals surface area contributed by atoms with E-state index in [0.29, 0.717) is 4.88 Å². The molecule has 0 unspecified atom stereocenters. The highest BCUT2D eigenvalue weighted by atomic mass is 32.1. The van der Waals surface area contributed by atoms with Crippen molar-refractivity contribution in [2.24, 2.45) is 16.7 Å². The lowest BCUT2D eigenvalue weighted by Gasteiger charge is -2.04. The lowest BCUT2D eigenvalue weighted by atomic mass is 9.98. The van der Waals surface area contributed by atoms with Crippen molar-refractivity contribution in [1.82, 2.24) is 5.32 Å². The Morgan fingerprint density at radius 1 is 1.26 bits per heavy atom.